The second-order valence-corrected chi connectivity index (χ2v) is 2.57. The molecule has 0 aliphatic heterocycles. The highest BCUT2D eigenvalue weighted by molar-refractivity contribution is 5.96. The Kier molecular flexibility index (Phi) is 2.22. The highest BCUT2D eigenvalue weighted by atomic mass is 16.3. The normalized spacial score (nSPS) is 26.4. The van der Waals surface area contributed by atoms with Crippen molar-refractivity contribution in [3.05, 3.63) is 11.6 Å². The van der Waals surface area contributed by atoms with Crippen LogP contribution in [0.2, 0.25) is 0 Å². The lowest BCUT2D eigenvalue weighted by Gasteiger charge is -2.14. The molecule has 1 N–H and O–H groups in total. The highest BCUT2D eigenvalue weighted by Gasteiger charge is 2.16. The van der Waals surface area contributed by atoms with Crippen LogP contribution in [0, 0.1) is 0 Å². The summed E-state index contributed by atoms with van der Waals surface area (Å²) in [6, 6.07) is 0. The fourth-order valence-electron chi connectivity index (χ4n) is 1.16. The summed E-state index contributed by atoms with van der Waals surface area (Å²) in [5.41, 5.74) is 0.791. The van der Waals surface area contributed by atoms with Gasteiger partial charge in [0.25, 0.3) is 0 Å². The van der Waals surface area contributed by atoms with Crippen LogP contribution in [-0.2, 0) is 4.79 Å². The quantitative estimate of drug-likeness (QED) is 0.591. The van der Waals surface area contributed by atoms with E-state index in [4.69, 9.17) is 5.11 Å². The van der Waals surface area contributed by atoms with Crippen molar-refractivity contribution in [2.24, 2.45) is 0 Å². The number of hydrogen-bond donors (Lipinski definition) is 1. The van der Waals surface area contributed by atoms with Crippen LogP contribution in [0.3, 0.4) is 0 Å². The molecular weight excluding hydrogens is 128 g/mol. The van der Waals surface area contributed by atoms with Gasteiger partial charge >= 0.3 is 0 Å². The summed E-state index contributed by atoms with van der Waals surface area (Å²) in [7, 11) is 0. The third kappa shape index (κ3) is 1.45. The second-order valence-electron chi connectivity index (χ2n) is 2.57. The zero-order chi connectivity index (χ0) is 7.56. The Morgan fingerprint density at radius 1 is 1.80 bits per heavy atom. The van der Waals surface area contributed by atoms with Crippen molar-refractivity contribution >= 4 is 5.78 Å². The zero-order valence-corrected chi connectivity index (χ0v) is 6.13. The summed E-state index contributed by atoms with van der Waals surface area (Å²) in [5, 5.41) is 9.10. The lowest BCUT2D eigenvalue weighted by molar-refractivity contribution is -0.116. The molecule has 1 rings (SSSR count). The van der Waals surface area contributed by atoms with Crippen molar-refractivity contribution in [1.82, 2.24) is 0 Å². The molecule has 0 aromatic heterocycles. The summed E-state index contributed by atoms with van der Waals surface area (Å²) in [6.45, 7) is 1.93. The molecule has 0 aromatic rings. The highest BCUT2D eigenvalue weighted by Crippen LogP contribution is 2.16. The Labute approximate surface area is 60.6 Å². The maximum Gasteiger partial charge on any atom is 0.158 e. The Hall–Kier alpha value is -0.630. The first-order valence-electron chi connectivity index (χ1n) is 3.66. The molecule has 0 saturated carbocycles. The van der Waals surface area contributed by atoms with E-state index in [1.165, 1.54) is 0 Å². The van der Waals surface area contributed by atoms with Gasteiger partial charge in [-0.25, -0.2) is 0 Å². The van der Waals surface area contributed by atoms with Gasteiger partial charge in [0.2, 0.25) is 0 Å². The summed E-state index contributed by atoms with van der Waals surface area (Å²) in [5.74, 6) is 0.202. The molecule has 0 amide bonds. The number of rotatable bonds is 1. The average molecular weight is 140 g/mol. The number of aliphatic hydroxyl groups excluding tert-OH is 1. The predicted molar refractivity (Wildman–Crippen MR) is 38.6 cm³/mol. The van der Waals surface area contributed by atoms with Crippen molar-refractivity contribution < 1.29 is 9.90 Å². The number of allylic oxidation sites excluding steroid dienone is 1. The molecule has 0 bridgehead atoms. The first kappa shape index (κ1) is 7.48. The maximum absolute atomic E-state index is 11.0. The fourth-order valence-corrected chi connectivity index (χ4v) is 1.16. The molecule has 0 radical (unpaired) electrons. The van der Waals surface area contributed by atoms with Crippen LogP contribution in [0.5, 0.6) is 0 Å². The first-order chi connectivity index (χ1) is 4.74. The van der Waals surface area contributed by atoms with Crippen LogP contribution in [0.1, 0.15) is 26.2 Å². The van der Waals surface area contributed by atoms with Crippen LogP contribution in [0.4, 0.5) is 0 Å². The number of aliphatic hydroxyl groups is 1. The molecule has 10 heavy (non-hydrogen) atoms. The van der Waals surface area contributed by atoms with E-state index in [1.807, 2.05) is 6.92 Å². The van der Waals surface area contributed by atoms with Crippen LogP contribution in [0.25, 0.3) is 0 Å². The van der Waals surface area contributed by atoms with Gasteiger partial charge in [0.05, 0.1) is 6.10 Å². The Bertz CT molecular complexity index is 170. The standard InChI is InChI=1S/C8H12O2/c1-2-6-5-7(9)3-4-8(6)10/h5,7,9H,2-4H2,1H3/t7-/m1/s1. The third-order valence-corrected chi connectivity index (χ3v) is 1.80. The van der Waals surface area contributed by atoms with Crippen molar-refractivity contribution in [3.63, 3.8) is 0 Å². The van der Waals surface area contributed by atoms with Gasteiger partial charge in [-0.3, -0.25) is 4.79 Å². The van der Waals surface area contributed by atoms with Crippen LogP contribution < -0.4 is 0 Å². The van der Waals surface area contributed by atoms with Gasteiger partial charge in [0, 0.05) is 6.42 Å². The molecule has 0 aromatic carbocycles. The first-order valence-corrected chi connectivity index (χ1v) is 3.66. The van der Waals surface area contributed by atoms with Crippen molar-refractivity contribution in [1.29, 1.82) is 0 Å². The SMILES string of the molecule is CCC1=C[C@H](O)CCC1=O. The van der Waals surface area contributed by atoms with Gasteiger partial charge in [-0.1, -0.05) is 6.92 Å². The van der Waals surface area contributed by atoms with Gasteiger partial charge in [-0.15, -0.1) is 0 Å². The third-order valence-electron chi connectivity index (χ3n) is 1.80. The van der Waals surface area contributed by atoms with Crippen molar-refractivity contribution in [2.45, 2.75) is 32.3 Å². The topological polar surface area (TPSA) is 37.3 Å². The number of ketones is 1. The summed E-state index contributed by atoms with van der Waals surface area (Å²) in [6.07, 6.45) is 3.15. The average Bonchev–Trinajstić information content (AvgIpc) is 1.94. The number of carbonyl (C=O) groups is 1. The molecule has 0 unspecified atom stereocenters. The lowest BCUT2D eigenvalue weighted by Crippen LogP contribution is -2.16. The smallest absolute Gasteiger partial charge is 0.158 e. The molecule has 1 aliphatic carbocycles. The molecule has 1 atom stereocenters. The van der Waals surface area contributed by atoms with Gasteiger partial charge < -0.3 is 5.11 Å². The monoisotopic (exact) mass is 140 g/mol. The van der Waals surface area contributed by atoms with E-state index in [-0.39, 0.29) is 11.9 Å². The van der Waals surface area contributed by atoms with E-state index in [2.05, 4.69) is 0 Å². The van der Waals surface area contributed by atoms with Crippen LogP contribution >= 0.6 is 0 Å². The van der Waals surface area contributed by atoms with Crippen LogP contribution in [-0.4, -0.2) is 17.0 Å². The van der Waals surface area contributed by atoms with E-state index >= 15 is 0 Å². The van der Waals surface area contributed by atoms with Gasteiger partial charge in [-0.05, 0) is 24.5 Å². The Morgan fingerprint density at radius 2 is 2.50 bits per heavy atom. The molecule has 2 nitrogen and oxygen atoms in total. The zero-order valence-electron chi connectivity index (χ0n) is 6.13. The molecule has 0 spiro atoms. The van der Waals surface area contributed by atoms with E-state index < -0.39 is 0 Å². The molecule has 0 fully saturated rings. The van der Waals surface area contributed by atoms with Crippen molar-refractivity contribution in [2.75, 3.05) is 0 Å². The predicted octanol–water partition coefficient (Wildman–Crippen LogP) is 1.05. The van der Waals surface area contributed by atoms with E-state index in [0.29, 0.717) is 12.8 Å². The Balaban J connectivity index is 2.72. The summed E-state index contributed by atoms with van der Waals surface area (Å²) < 4.78 is 0. The van der Waals surface area contributed by atoms with E-state index in [1.54, 1.807) is 6.08 Å². The minimum absolute atomic E-state index is 0.202. The largest absolute Gasteiger partial charge is 0.389 e. The molecule has 0 saturated heterocycles. The summed E-state index contributed by atoms with van der Waals surface area (Å²) in [4.78, 5) is 11.0. The molecule has 2 heteroatoms. The molecule has 1 aliphatic rings. The number of hydrogen-bond acceptors (Lipinski definition) is 2. The van der Waals surface area contributed by atoms with Gasteiger partial charge in [0.1, 0.15) is 0 Å². The number of Topliss-reactive ketones (excluding diaryl/α,β-unsaturated/α-hetero) is 1. The van der Waals surface area contributed by atoms with E-state index in [9.17, 15) is 4.79 Å². The van der Waals surface area contributed by atoms with E-state index in [0.717, 1.165) is 12.0 Å². The molecular formula is C8H12O2. The second kappa shape index (κ2) is 2.97. The molecule has 56 valence electrons. The maximum atomic E-state index is 11.0. The minimum atomic E-state index is -0.382. The molecule has 0 heterocycles. The fraction of sp³-hybridized carbons (Fsp3) is 0.625. The Morgan fingerprint density at radius 3 is 3.00 bits per heavy atom. The number of carbonyl (C=O) groups excluding carboxylic acids is 1. The van der Waals surface area contributed by atoms with Crippen LogP contribution in [0.15, 0.2) is 11.6 Å². The van der Waals surface area contributed by atoms with Crippen molar-refractivity contribution in [3.8, 4) is 0 Å². The lowest BCUT2D eigenvalue weighted by atomic mass is 9.95. The summed E-state index contributed by atoms with van der Waals surface area (Å²) >= 11 is 0. The van der Waals surface area contributed by atoms with Gasteiger partial charge in [0.15, 0.2) is 5.78 Å². The minimum Gasteiger partial charge on any atom is -0.389 e. The van der Waals surface area contributed by atoms with Gasteiger partial charge in [-0.2, -0.15) is 0 Å².